The van der Waals surface area contributed by atoms with E-state index in [0.717, 1.165) is 81.3 Å². The molecule has 8 nitrogen and oxygen atoms in total. The van der Waals surface area contributed by atoms with E-state index in [1.807, 2.05) is 30.3 Å². The molecule has 8 heteroatoms. The monoisotopic (exact) mass is 467 g/mol. The van der Waals surface area contributed by atoms with Crippen LogP contribution in [0.5, 0.6) is 0 Å². The smallest absolute Gasteiger partial charge is 0.404 e. The number of pyridine rings is 1. The minimum Gasteiger partial charge on any atom is -0.465 e. The first-order valence-corrected chi connectivity index (χ1v) is 12.6. The number of piperidine rings is 1. The fourth-order valence-electron chi connectivity index (χ4n) is 5.40. The van der Waals surface area contributed by atoms with Crippen LogP contribution in [0.4, 0.5) is 10.6 Å². The largest absolute Gasteiger partial charge is 0.465 e. The quantitative estimate of drug-likeness (QED) is 0.471. The lowest BCUT2D eigenvalue weighted by Gasteiger charge is -2.33. The zero-order chi connectivity index (χ0) is 23.9. The lowest BCUT2D eigenvalue weighted by atomic mass is 9.82. The fraction of sp³-hybridized carbons (Fsp3) is 0.577. The molecule has 34 heavy (non-hydrogen) atoms. The molecule has 1 saturated heterocycles. The summed E-state index contributed by atoms with van der Waals surface area (Å²) in [5, 5.41) is 15.3. The van der Waals surface area contributed by atoms with Crippen molar-refractivity contribution in [3.63, 3.8) is 0 Å². The number of carbonyl (C=O) groups excluding carboxylic acids is 1. The topological polar surface area (TPSA) is 121 Å². The van der Waals surface area contributed by atoms with Gasteiger partial charge >= 0.3 is 6.09 Å². The molecular formula is C26H37N5O3. The van der Waals surface area contributed by atoms with Gasteiger partial charge < -0.3 is 26.4 Å². The molecule has 1 aliphatic heterocycles. The lowest BCUT2D eigenvalue weighted by molar-refractivity contribution is 0.0942. The Morgan fingerprint density at radius 2 is 1.62 bits per heavy atom. The Hall–Kier alpha value is -2.87. The van der Waals surface area contributed by atoms with Crippen LogP contribution in [0.25, 0.3) is 10.9 Å². The highest BCUT2D eigenvalue weighted by atomic mass is 16.4. The minimum absolute atomic E-state index is 0.0486. The summed E-state index contributed by atoms with van der Waals surface area (Å²) in [6, 6.07) is 9.81. The molecule has 1 saturated carbocycles. The van der Waals surface area contributed by atoms with E-state index in [2.05, 4.69) is 15.5 Å². The Morgan fingerprint density at radius 1 is 0.971 bits per heavy atom. The van der Waals surface area contributed by atoms with Crippen LogP contribution in [0.2, 0.25) is 0 Å². The molecule has 4 rings (SSSR count). The molecular weight excluding hydrogens is 430 g/mol. The molecule has 184 valence electrons. The summed E-state index contributed by atoms with van der Waals surface area (Å²) in [5.74, 6) is 2.33. The first kappa shape index (κ1) is 24.3. The van der Waals surface area contributed by atoms with Crippen LogP contribution in [0.3, 0.4) is 0 Å². The van der Waals surface area contributed by atoms with Gasteiger partial charge in [-0.3, -0.25) is 4.79 Å². The van der Waals surface area contributed by atoms with E-state index in [1.54, 1.807) is 0 Å². The summed E-state index contributed by atoms with van der Waals surface area (Å²) in [7, 11) is 0. The first-order chi connectivity index (χ1) is 16.5. The Labute approximate surface area is 201 Å². The summed E-state index contributed by atoms with van der Waals surface area (Å²) in [5.41, 5.74) is 7.27. The average Bonchev–Trinajstić information content (AvgIpc) is 2.86. The van der Waals surface area contributed by atoms with Crippen molar-refractivity contribution in [2.75, 3.05) is 37.6 Å². The van der Waals surface area contributed by atoms with E-state index < -0.39 is 6.09 Å². The Bertz CT molecular complexity index is 982. The fourth-order valence-corrected chi connectivity index (χ4v) is 5.40. The van der Waals surface area contributed by atoms with Crippen molar-refractivity contribution < 1.29 is 14.7 Å². The predicted octanol–water partition coefficient (Wildman–Crippen LogP) is 3.60. The van der Waals surface area contributed by atoms with E-state index >= 15 is 0 Å². The van der Waals surface area contributed by atoms with Gasteiger partial charge in [-0.2, -0.15) is 0 Å². The van der Waals surface area contributed by atoms with Gasteiger partial charge in [0.2, 0.25) is 0 Å². The number of amides is 2. The van der Waals surface area contributed by atoms with Crippen molar-refractivity contribution in [3.8, 4) is 0 Å². The highest BCUT2D eigenvalue weighted by Gasteiger charge is 2.24. The van der Waals surface area contributed by atoms with Gasteiger partial charge in [0.25, 0.3) is 5.91 Å². The van der Waals surface area contributed by atoms with E-state index in [0.29, 0.717) is 36.4 Å². The van der Waals surface area contributed by atoms with Gasteiger partial charge in [-0.1, -0.05) is 18.2 Å². The zero-order valence-corrected chi connectivity index (χ0v) is 19.8. The molecule has 2 heterocycles. The Balaban J connectivity index is 1.39. The van der Waals surface area contributed by atoms with E-state index in [1.165, 1.54) is 0 Å². The van der Waals surface area contributed by atoms with Crippen molar-refractivity contribution >= 4 is 28.7 Å². The van der Waals surface area contributed by atoms with Gasteiger partial charge in [0.1, 0.15) is 5.82 Å². The molecule has 0 spiro atoms. The normalized spacial score (nSPS) is 21.4. The van der Waals surface area contributed by atoms with Crippen molar-refractivity contribution in [2.45, 2.75) is 44.9 Å². The third-order valence-electron chi connectivity index (χ3n) is 7.52. The number of aromatic nitrogens is 1. The van der Waals surface area contributed by atoms with Gasteiger partial charge in [0.05, 0.1) is 11.1 Å². The second-order valence-corrected chi connectivity index (χ2v) is 9.84. The number of para-hydroxylation sites is 1. The van der Waals surface area contributed by atoms with Crippen LogP contribution >= 0.6 is 0 Å². The van der Waals surface area contributed by atoms with E-state index in [4.69, 9.17) is 15.8 Å². The number of benzene rings is 1. The van der Waals surface area contributed by atoms with Gasteiger partial charge in [-0.25, -0.2) is 9.78 Å². The van der Waals surface area contributed by atoms with Crippen molar-refractivity contribution in [2.24, 2.45) is 23.5 Å². The summed E-state index contributed by atoms with van der Waals surface area (Å²) >= 11 is 0. The molecule has 2 aromatic rings. The number of hydrogen-bond acceptors (Lipinski definition) is 5. The van der Waals surface area contributed by atoms with Crippen LogP contribution in [0, 0.1) is 17.8 Å². The van der Waals surface area contributed by atoms with Crippen molar-refractivity contribution in [1.82, 2.24) is 15.6 Å². The van der Waals surface area contributed by atoms with Crippen LogP contribution in [-0.2, 0) is 0 Å². The molecule has 1 aromatic heterocycles. The maximum absolute atomic E-state index is 13.3. The summed E-state index contributed by atoms with van der Waals surface area (Å²) < 4.78 is 0. The third-order valence-corrected chi connectivity index (χ3v) is 7.52. The van der Waals surface area contributed by atoms with Crippen molar-refractivity contribution in [3.05, 3.63) is 35.9 Å². The highest BCUT2D eigenvalue weighted by molar-refractivity contribution is 6.07. The molecule has 1 aromatic carbocycles. The predicted molar refractivity (Wildman–Crippen MR) is 134 cm³/mol. The minimum atomic E-state index is -0.960. The lowest BCUT2D eigenvalue weighted by Crippen LogP contribution is -2.36. The number of hydrogen-bond donors (Lipinski definition) is 4. The molecule has 2 fully saturated rings. The second-order valence-electron chi connectivity index (χ2n) is 9.84. The Morgan fingerprint density at radius 3 is 2.26 bits per heavy atom. The van der Waals surface area contributed by atoms with E-state index in [-0.39, 0.29) is 5.91 Å². The average molecular weight is 468 g/mol. The number of nitrogens with two attached hydrogens (primary N) is 1. The van der Waals surface area contributed by atoms with Crippen molar-refractivity contribution in [1.29, 1.82) is 0 Å². The molecule has 1 aliphatic carbocycles. The van der Waals surface area contributed by atoms with Crippen LogP contribution in [0.15, 0.2) is 30.3 Å². The van der Waals surface area contributed by atoms with Gasteiger partial charge in [-0.15, -0.1) is 0 Å². The Kier molecular flexibility index (Phi) is 8.21. The summed E-state index contributed by atoms with van der Waals surface area (Å²) in [6.07, 6.45) is 6.32. The van der Waals surface area contributed by atoms with Crippen LogP contribution in [0.1, 0.15) is 55.3 Å². The molecule has 0 bridgehead atoms. The SMILES string of the molecule is NCCC1CCN(c2cc(C(=O)NCC3CCC(CNC(=O)O)CC3)c3ccccc3n2)CC1. The van der Waals surface area contributed by atoms with Crippen LogP contribution < -0.4 is 21.3 Å². The zero-order valence-electron chi connectivity index (χ0n) is 19.8. The van der Waals surface area contributed by atoms with Gasteiger partial charge in [0.15, 0.2) is 0 Å². The maximum Gasteiger partial charge on any atom is 0.404 e. The van der Waals surface area contributed by atoms with Crippen LogP contribution in [-0.4, -0.2) is 54.8 Å². The standard InChI is InChI=1S/C26H37N5O3/c27-12-9-18-10-13-31(14-11-18)24-15-22(21-3-1-2-4-23(21)30-24)25(32)28-16-19-5-7-20(8-6-19)17-29-26(33)34/h1-4,15,18-20,29H,5-14,16-17,27H2,(H,28,32)(H,33,34). The second kappa shape index (κ2) is 11.5. The number of anilines is 1. The third kappa shape index (κ3) is 6.17. The van der Waals surface area contributed by atoms with E-state index in [9.17, 15) is 9.59 Å². The summed E-state index contributed by atoms with van der Waals surface area (Å²) in [6.45, 7) is 3.79. The maximum atomic E-state index is 13.3. The number of carbonyl (C=O) groups is 2. The molecule has 0 unspecified atom stereocenters. The highest BCUT2D eigenvalue weighted by Crippen LogP contribution is 2.29. The van der Waals surface area contributed by atoms with Gasteiger partial charge in [0, 0.05) is 31.6 Å². The number of nitrogens with zero attached hydrogens (tertiary/aromatic N) is 2. The number of rotatable bonds is 8. The molecule has 0 atom stereocenters. The molecule has 5 N–H and O–H groups in total. The molecule has 2 amide bonds. The number of nitrogens with one attached hydrogen (secondary N) is 2. The van der Waals surface area contributed by atoms with Gasteiger partial charge in [-0.05, 0) is 81.4 Å². The first-order valence-electron chi connectivity index (χ1n) is 12.6. The molecule has 0 radical (unpaired) electrons. The number of fused-ring (bicyclic) bond motifs is 1. The number of carboxylic acid groups (broad SMARTS) is 1. The molecule has 2 aliphatic rings. The summed E-state index contributed by atoms with van der Waals surface area (Å²) in [4.78, 5) is 31.1.